The van der Waals surface area contributed by atoms with E-state index < -0.39 is 0 Å². The van der Waals surface area contributed by atoms with Gasteiger partial charge < -0.3 is 5.32 Å². The van der Waals surface area contributed by atoms with Crippen molar-refractivity contribution in [1.29, 1.82) is 0 Å². The Labute approximate surface area is 95.6 Å². The lowest BCUT2D eigenvalue weighted by Crippen LogP contribution is -2.18. The second kappa shape index (κ2) is 5.37. The fourth-order valence-electron chi connectivity index (χ4n) is 1.54. The summed E-state index contributed by atoms with van der Waals surface area (Å²) in [5, 5.41) is 3.45. The first-order valence-corrected chi connectivity index (χ1v) is 5.38. The Hall–Kier alpha value is -1.74. The number of nitrogens with one attached hydrogen (secondary N) is 1. The maximum Gasteiger partial charge on any atom is 0.0312 e. The molecule has 2 rings (SSSR count). The summed E-state index contributed by atoms with van der Waals surface area (Å²) in [5.74, 6) is 0. The van der Waals surface area contributed by atoms with Crippen LogP contribution in [0.3, 0.4) is 0 Å². The van der Waals surface area contributed by atoms with Gasteiger partial charge in [0.1, 0.15) is 0 Å². The van der Waals surface area contributed by atoms with E-state index in [1.165, 1.54) is 11.1 Å². The average Bonchev–Trinajstić information content (AvgIpc) is 2.38. The van der Waals surface area contributed by atoms with Gasteiger partial charge in [-0.25, -0.2) is 0 Å². The molecule has 0 aliphatic carbocycles. The maximum atomic E-state index is 4.09. The highest BCUT2D eigenvalue weighted by Crippen LogP contribution is 2.10. The predicted molar refractivity (Wildman–Crippen MR) is 63.7 cm³/mol. The number of nitrogens with zero attached hydrogens (tertiary/aromatic N) is 2. The molecule has 0 aromatic carbocycles. The molecule has 0 saturated carbocycles. The molecule has 3 heteroatoms. The van der Waals surface area contributed by atoms with Gasteiger partial charge in [-0.1, -0.05) is 6.07 Å². The Bertz CT molecular complexity index is 414. The van der Waals surface area contributed by atoms with E-state index in [0.29, 0.717) is 6.04 Å². The van der Waals surface area contributed by atoms with Gasteiger partial charge >= 0.3 is 0 Å². The molecule has 0 aliphatic rings. The molecule has 2 heterocycles. The Balaban J connectivity index is 1.92. The molecule has 3 nitrogen and oxygen atoms in total. The SMILES string of the molecule is CC(NCc1cccnc1)c1ccncc1. The Kier molecular flexibility index (Phi) is 3.62. The molecule has 0 spiro atoms. The molecule has 1 atom stereocenters. The van der Waals surface area contributed by atoms with Crippen molar-refractivity contribution in [2.75, 3.05) is 0 Å². The summed E-state index contributed by atoms with van der Waals surface area (Å²) >= 11 is 0. The minimum absolute atomic E-state index is 0.322. The number of pyridine rings is 2. The quantitative estimate of drug-likeness (QED) is 0.847. The number of hydrogen-bond acceptors (Lipinski definition) is 3. The third kappa shape index (κ3) is 2.87. The van der Waals surface area contributed by atoms with E-state index in [2.05, 4.69) is 28.3 Å². The summed E-state index contributed by atoms with van der Waals surface area (Å²) in [6, 6.07) is 8.40. The molecule has 2 aromatic heterocycles. The van der Waals surface area contributed by atoms with Gasteiger partial charge in [0.2, 0.25) is 0 Å². The monoisotopic (exact) mass is 213 g/mol. The van der Waals surface area contributed by atoms with Crippen LogP contribution in [0.4, 0.5) is 0 Å². The van der Waals surface area contributed by atoms with Crippen molar-refractivity contribution in [1.82, 2.24) is 15.3 Å². The highest BCUT2D eigenvalue weighted by molar-refractivity contribution is 5.15. The summed E-state index contributed by atoms with van der Waals surface area (Å²) < 4.78 is 0. The van der Waals surface area contributed by atoms with E-state index in [1.54, 1.807) is 6.20 Å². The van der Waals surface area contributed by atoms with Crippen molar-refractivity contribution in [3.8, 4) is 0 Å². The van der Waals surface area contributed by atoms with Gasteiger partial charge in [0.05, 0.1) is 0 Å². The summed E-state index contributed by atoms with van der Waals surface area (Å²) in [6.45, 7) is 2.98. The molecule has 0 radical (unpaired) electrons. The molecule has 0 amide bonds. The minimum atomic E-state index is 0.322. The van der Waals surface area contributed by atoms with E-state index >= 15 is 0 Å². The van der Waals surface area contributed by atoms with Crippen molar-refractivity contribution in [3.63, 3.8) is 0 Å². The Morgan fingerprint density at radius 3 is 2.62 bits per heavy atom. The highest BCUT2D eigenvalue weighted by Gasteiger charge is 2.03. The lowest BCUT2D eigenvalue weighted by molar-refractivity contribution is 0.573. The molecule has 16 heavy (non-hydrogen) atoms. The number of aromatic nitrogens is 2. The van der Waals surface area contributed by atoms with E-state index in [0.717, 1.165) is 6.54 Å². The van der Waals surface area contributed by atoms with Gasteiger partial charge in [-0.2, -0.15) is 0 Å². The minimum Gasteiger partial charge on any atom is -0.306 e. The van der Waals surface area contributed by atoms with E-state index in [1.807, 2.05) is 36.8 Å². The molecule has 0 bridgehead atoms. The zero-order chi connectivity index (χ0) is 11.2. The van der Waals surface area contributed by atoms with Gasteiger partial charge in [-0.15, -0.1) is 0 Å². The van der Waals surface area contributed by atoms with Crippen LogP contribution in [0.15, 0.2) is 49.1 Å². The van der Waals surface area contributed by atoms with Crippen LogP contribution in [0.2, 0.25) is 0 Å². The van der Waals surface area contributed by atoms with Gasteiger partial charge in [0.15, 0.2) is 0 Å². The molecule has 0 aliphatic heterocycles. The summed E-state index contributed by atoms with van der Waals surface area (Å²) in [7, 11) is 0. The van der Waals surface area contributed by atoms with Crippen LogP contribution in [0, 0.1) is 0 Å². The molecule has 0 saturated heterocycles. The molecule has 1 N–H and O–H groups in total. The van der Waals surface area contributed by atoms with Crippen LogP contribution in [0.1, 0.15) is 24.1 Å². The summed E-state index contributed by atoms with van der Waals surface area (Å²) in [5.41, 5.74) is 2.45. The lowest BCUT2D eigenvalue weighted by atomic mass is 10.1. The van der Waals surface area contributed by atoms with Gasteiger partial charge in [-0.3, -0.25) is 9.97 Å². The molecular formula is C13H15N3. The van der Waals surface area contributed by atoms with Crippen molar-refractivity contribution < 1.29 is 0 Å². The van der Waals surface area contributed by atoms with E-state index in [-0.39, 0.29) is 0 Å². The fraction of sp³-hybridized carbons (Fsp3) is 0.231. The van der Waals surface area contributed by atoms with Gasteiger partial charge in [-0.05, 0) is 36.2 Å². The maximum absolute atomic E-state index is 4.09. The molecular weight excluding hydrogens is 198 g/mol. The average molecular weight is 213 g/mol. The Morgan fingerprint density at radius 2 is 1.94 bits per heavy atom. The van der Waals surface area contributed by atoms with E-state index in [4.69, 9.17) is 0 Å². The molecule has 1 unspecified atom stereocenters. The zero-order valence-electron chi connectivity index (χ0n) is 9.30. The Morgan fingerprint density at radius 1 is 1.12 bits per heavy atom. The second-order valence-electron chi connectivity index (χ2n) is 3.74. The lowest BCUT2D eigenvalue weighted by Gasteiger charge is -2.13. The van der Waals surface area contributed by atoms with Crippen molar-refractivity contribution in [2.45, 2.75) is 19.5 Å². The second-order valence-corrected chi connectivity index (χ2v) is 3.74. The third-order valence-corrected chi connectivity index (χ3v) is 2.54. The first kappa shape index (κ1) is 10.8. The molecule has 2 aromatic rings. The number of rotatable bonds is 4. The van der Waals surface area contributed by atoms with Crippen LogP contribution in [0.5, 0.6) is 0 Å². The third-order valence-electron chi connectivity index (χ3n) is 2.54. The smallest absolute Gasteiger partial charge is 0.0312 e. The van der Waals surface area contributed by atoms with Crippen molar-refractivity contribution >= 4 is 0 Å². The fourth-order valence-corrected chi connectivity index (χ4v) is 1.54. The van der Waals surface area contributed by atoms with Crippen LogP contribution in [0.25, 0.3) is 0 Å². The van der Waals surface area contributed by atoms with Crippen molar-refractivity contribution in [2.24, 2.45) is 0 Å². The largest absolute Gasteiger partial charge is 0.306 e. The predicted octanol–water partition coefficient (Wildman–Crippen LogP) is 2.33. The van der Waals surface area contributed by atoms with Crippen LogP contribution >= 0.6 is 0 Å². The summed E-state index contributed by atoms with van der Waals surface area (Å²) in [4.78, 5) is 8.09. The first-order valence-electron chi connectivity index (χ1n) is 5.38. The molecule has 0 fully saturated rings. The topological polar surface area (TPSA) is 37.8 Å². The number of hydrogen-bond donors (Lipinski definition) is 1. The summed E-state index contributed by atoms with van der Waals surface area (Å²) in [6.07, 6.45) is 7.30. The van der Waals surface area contributed by atoms with Gasteiger partial charge in [0.25, 0.3) is 0 Å². The van der Waals surface area contributed by atoms with Gasteiger partial charge in [0, 0.05) is 37.4 Å². The highest BCUT2D eigenvalue weighted by atomic mass is 14.9. The zero-order valence-corrected chi connectivity index (χ0v) is 9.30. The van der Waals surface area contributed by atoms with E-state index in [9.17, 15) is 0 Å². The standard InChI is InChI=1S/C13H15N3/c1-11(13-4-7-14-8-5-13)16-10-12-3-2-6-15-9-12/h2-9,11,16H,10H2,1H3. The normalized spacial score (nSPS) is 12.3. The van der Waals surface area contributed by atoms with Crippen LogP contribution < -0.4 is 5.32 Å². The van der Waals surface area contributed by atoms with Crippen LogP contribution in [-0.2, 0) is 6.54 Å². The van der Waals surface area contributed by atoms with Crippen LogP contribution in [-0.4, -0.2) is 9.97 Å². The first-order chi connectivity index (χ1) is 7.86. The molecule has 82 valence electrons. The van der Waals surface area contributed by atoms with Crippen molar-refractivity contribution in [3.05, 3.63) is 60.2 Å².